The number of rotatable bonds is 4. The molecular formula is C14H11NO5. The van der Waals surface area contributed by atoms with Crippen molar-refractivity contribution in [3.8, 4) is 11.1 Å². The van der Waals surface area contributed by atoms with Crippen LogP contribution in [0.4, 0.5) is 5.69 Å². The molecule has 0 bridgehead atoms. The Labute approximate surface area is 114 Å². The van der Waals surface area contributed by atoms with Gasteiger partial charge in [0.25, 0.3) is 5.69 Å². The van der Waals surface area contributed by atoms with Gasteiger partial charge in [-0.1, -0.05) is 18.2 Å². The topological polar surface area (TPSA) is 101 Å². The van der Waals surface area contributed by atoms with Gasteiger partial charge < -0.3 is 10.2 Å². The lowest BCUT2D eigenvalue weighted by molar-refractivity contribution is -0.384. The van der Waals surface area contributed by atoms with Crippen molar-refractivity contribution in [3.63, 3.8) is 0 Å². The number of carboxylic acid groups (broad SMARTS) is 1. The molecule has 0 radical (unpaired) electrons. The molecule has 2 N–H and O–H groups in total. The minimum Gasteiger partial charge on any atom is -0.478 e. The zero-order chi connectivity index (χ0) is 14.7. The predicted molar refractivity (Wildman–Crippen MR) is 71.4 cm³/mol. The van der Waals surface area contributed by atoms with Crippen molar-refractivity contribution in [1.82, 2.24) is 0 Å². The monoisotopic (exact) mass is 273 g/mol. The van der Waals surface area contributed by atoms with Gasteiger partial charge in [0.2, 0.25) is 0 Å². The zero-order valence-electron chi connectivity index (χ0n) is 10.3. The molecule has 0 unspecified atom stereocenters. The van der Waals surface area contributed by atoms with Gasteiger partial charge in [0.15, 0.2) is 0 Å². The van der Waals surface area contributed by atoms with Gasteiger partial charge in [-0.25, -0.2) is 4.79 Å². The third-order valence-corrected chi connectivity index (χ3v) is 2.82. The third-order valence-electron chi connectivity index (χ3n) is 2.82. The van der Waals surface area contributed by atoms with E-state index in [0.717, 1.165) is 6.07 Å². The van der Waals surface area contributed by atoms with Crippen LogP contribution < -0.4 is 0 Å². The molecule has 0 aliphatic carbocycles. The molecule has 20 heavy (non-hydrogen) atoms. The fraction of sp³-hybridized carbons (Fsp3) is 0.0714. The number of benzene rings is 2. The summed E-state index contributed by atoms with van der Waals surface area (Å²) >= 11 is 0. The number of nitro groups is 1. The summed E-state index contributed by atoms with van der Waals surface area (Å²) in [6, 6.07) is 10.4. The molecule has 0 fully saturated rings. The van der Waals surface area contributed by atoms with Crippen molar-refractivity contribution in [2.75, 3.05) is 0 Å². The highest BCUT2D eigenvalue weighted by molar-refractivity contribution is 5.90. The third kappa shape index (κ3) is 2.81. The second-order valence-electron chi connectivity index (χ2n) is 4.19. The average molecular weight is 273 g/mol. The molecule has 0 amide bonds. The van der Waals surface area contributed by atoms with Gasteiger partial charge in [0.1, 0.15) is 0 Å². The predicted octanol–water partition coefficient (Wildman–Crippen LogP) is 2.45. The maximum absolute atomic E-state index is 11.0. The largest absolute Gasteiger partial charge is 0.478 e. The van der Waals surface area contributed by atoms with Crippen LogP contribution in [0, 0.1) is 10.1 Å². The first-order valence-corrected chi connectivity index (χ1v) is 5.74. The van der Waals surface area contributed by atoms with Crippen molar-refractivity contribution in [2.24, 2.45) is 0 Å². The molecule has 2 aromatic rings. The number of nitrogens with zero attached hydrogens (tertiary/aromatic N) is 1. The molecule has 0 aromatic heterocycles. The first-order chi connectivity index (χ1) is 9.51. The molecule has 0 spiro atoms. The lowest BCUT2D eigenvalue weighted by Gasteiger charge is -2.05. The van der Waals surface area contributed by atoms with Crippen LogP contribution in [0.15, 0.2) is 42.5 Å². The van der Waals surface area contributed by atoms with Crippen LogP contribution in [0.5, 0.6) is 0 Å². The lowest BCUT2D eigenvalue weighted by Crippen LogP contribution is -1.99. The summed E-state index contributed by atoms with van der Waals surface area (Å²) in [7, 11) is 0. The van der Waals surface area contributed by atoms with E-state index in [0.29, 0.717) is 16.7 Å². The van der Waals surface area contributed by atoms with Crippen LogP contribution in [0.1, 0.15) is 15.9 Å². The van der Waals surface area contributed by atoms with Gasteiger partial charge in [0, 0.05) is 12.1 Å². The van der Waals surface area contributed by atoms with Crippen molar-refractivity contribution >= 4 is 11.7 Å². The molecule has 0 heterocycles. The van der Waals surface area contributed by atoms with Crippen LogP contribution in [-0.4, -0.2) is 21.1 Å². The van der Waals surface area contributed by atoms with Crippen LogP contribution >= 0.6 is 0 Å². The Morgan fingerprint density at radius 2 is 1.90 bits per heavy atom. The maximum atomic E-state index is 11.0. The Hall–Kier alpha value is -2.73. The summed E-state index contributed by atoms with van der Waals surface area (Å²) in [6.07, 6.45) is 0. The highest BCUT2D eigenvalue weighted by atomic mass is 16.6. The summed E-state index contributed by atoms with van der Waals surface area (Å²) < 4.78 is 0. The molecule has 0 aliphatic heterocycles. The second kappa shape index (κ2) is 5.50. The molecule has 6 nitrogen and oxygen atoms in total. The van der Waals surface area contributed by atoms with Gasteiger partial charge in [0.05, 0.1) is 17.1 Å². The maximum Gasteiger partial charge on any atom is 0.335 e. The van der Waals surface area contributed by atoms with E-state index in [9.17, 15) is 14.9 Å². The highest BCUT2D eigenvalue weighted by Gasteiger charge is 2.14. The van der Waals surface area contributed by atoms with E-state index < -0.39 is 10.9 Å². The highest BCUT2D eigenvalue weighted by Crippen LogP contribution is 2.27. The summed E-state index contributed by atoms with van der Waals surface area (Å²) in [4.78, 5) is 21.2. The smallest absolute Gasteiger partial charge is 0.335 e. The Morgan fingerprint density at radius 1 is 1.15 bits per heavy atom. The van der Waals surface area contributed by atoms with Crippen LogP contribution in [0.3, 0.4) is 0 Å². The number of aliphatic hydroxyl groups is 1. The Morgan fingerprint density at radius 3 is 2.50 bits per heavy atom. The van der Waals surface area contributed by atoms with Crippen LogP contribution in [0.25, 0.3) is 11.1 Å². The summed E-state index contributed by atoms with van der Waals surface area (Å²) in [6.45, 7) is -0.158. The Balaban J connectivity index is 2.60. The second-order valence-corrected chi connectivity index (χ2v) is 4.19. The molecule has 0 saturated carbocycles. The SMILES string of the molecule is O=C(O)c1cc(-c2cccc(CO)c2)cc([N+](=O)[O-])c1. The van der Waals surface area contributed by atoms with Crippen molar-refractivity contribution in [1.29, 1.82) is 0 Å². The fourth-order valence-corrected chi connectivity index (χ4v) is 1.86. The number of hydrogen-bond donors (Lipinski definition) is 2. The Kier molecular flexibility index (Phi) is 3.76. The van der Waals surface area contributed by atoms with Gasteiger partial charge in [-0.05, 0) is 28.8 Å². The number of carbonyl (C=O) groups is 1. The van der Waals surface area contributed by atoms with E-state index in [2.05, 4.69) is 0 Å². The van der Waals surface area contributed by atoms with Gasteiger partial charge in [-0.15, -0.1) is 0 Å². The van der Waals surface area contributed by atoms with Crippen molar-refractivity contribution in [2.45, 2.75) is 6.61 Å². The number of non-ortho nitro benzene ring substituents is 1. The molecule has 0 atom stereocenters. The van der Waals surface area contributed by atoms with Crippen molar-refractivity contribution < 1.29 is 19.9 Å². The van der Waals surface area contributed by atoms with E-state index in [1.807, 2.05) is 0 Å². The molecule has 0 aliphatic rings. The van der Waals surface area contributed by atoms with E-state index in [1.165, 1.54) is 12.1 Å². The van der Waals surface area contributed by atoms with Crippen molar-refractivity contribution in [3.05, 3.63) is 63.7 Å². The van der Waals surface area contributed by atoms with Crippen LogP contribution in [0.2, 0.25) is 0 Å². The first kappa shape index (κ1) is 13.7. The van der Waals surface area contributed by atoms with Gasteiger partial charge in [-0.2, -0.15) is 0 Å². The van der Waals surface area contributed by atoms with E-state index in [-0.39, 0.29) is 17.9 Å². The Bertz CT molecular complexity index is 649. The molecule has 2 rings (SSSR count). The van der Waals surface area contributed by atoms with E-state index in [4.69, 9.17) is 10.2 Å². The number of carboxylic acids is 1. The summed E-state index contributed by atoms with van der Waals surface area (Å²) in [5, 5.41) is 28.9. The average Bonchev–Trinajstić information content (AvgIpc) is 2.46. The summed E-state index contributed by atoms with van der Waals surface area (Å²) in [5.74, 6) is -1.23. The molecular weight excluding hydrogens is 262 g/mol. The number of hydrogen-bond acceptors (Lipinski definition) is 4. The first-order valence-electron chi connectivity index (χ1n) is 5.74. The zero-order valence-corrected chi connectivity index (χ0v) is 10.3. The minimum atomic E-state index is -1.23. The molecule has 6 heteroatoms. The number of nitro benzene ring substituents is 1. The molecule has 2 aromatic carbocycles. The summed E-state index contributed by atoms with van der Waals surface area (Å²) in [5.41, 5.74) is 1.25. The lowest BCUT2D eigenvalue weighted by atomic mass is 10.0. The normalized spacial score (nSPS) is 10.2. The minimum absolute atomic E-state index is 0.149. The number of aliphatic hydroxyl groups excluding tert-OH is 1. The van der Waals surface area contributed by atoms with E-state index in [1.54, 1.807) is 24.3 Å². The molecule has 102 valence electrons. The fourth-order valence-electron chi connectivity index (χ4n) is 1.86. The van der Waals surface area contributed by atoms with Crippen LogP contribution in [-0.2, 0) is 6.61 Å². The standard InChI is InChI=1S/C14H11NO5/c16-8-9-2-1-3-10(4-9)11-5-12(14(17)18)7-13(6-11)15(19)20/h1-7,16H,8H2,(H,17,18). The van der Waals surface area contributed by atoms with E-state index >= 15 is 0 Å². The molecule has 0 saturated heterocycles. The van der Waals surface area contributed by atoms with Gasteiger partial charge in [-0.3, -0.25) is 10.1 Å². The quantitative estimate of drug-likeness (QED) is 0.658. The van der Waals surface area contributed by atoms with Gasteiger partial charge >= 0.3 is 5.97 Å². The number of aromatic carboxylic acids is 1.